The summed E-state index contributed by atoms with van der Waals surface area (Å²) in [7, 11) is 0. The Morgan fingerprint density at radius 3 is 2.73 bits per heavy atom. The van der Waals surface area contributed by atoms with Crippen molar-refractivity contribution in [2.45, 2.75) is 29.4 Å². The Labute approximate surface area is 187 Å². The number of aliphatic carboxylic acids is 1. The average Bonchev–Trinajstić information content (AvgIpc) is 3.15. The number of hydrogen-bond donors (Lipinski definition) is 1. The van der Waals surface area contributed by atoms with Gasteiger partial charge in [0.25, 0.3) is 0 Å². The van der Waals surface area contributed by atoms with E-state index in [1.165, 1.54) is 23.1 Å². The number of hydrogen-bond acceptors (Lipinski definition) is 7. The van der Waals surface area contributed by atoms with Gasteiger partial charge in [0.05, 0.1) is 12.3 Å². The molecule has 2 aromatic heterocycles. The van der Waals surface area contributed by atoms with E-state index in [9.17, 15) is 15.2 Å². The van der Waals surface area contributed by atoms with Gasteiger partial charge in [-0.15, -0.1) is 11.3 Å². The van der Waals surface area contributed by atoms with Gasteiger partial charge >= 0.3 is 5.97 Å². The summed E-state index contributed by atoms with van der Waals surface area (Å²) in [5.74, 6) is -0.614. The van der Waals surface area contributed by atoms with Gasteiger partial charge in [-0.05, 0) is 37.6 Å². The molecule has 0 aliphatic carbocycles. The van der Waals surface area contributed by atoms with E-state index in [1.54, 1.807) is 38.2 Å². The van der Waals surface area contributed by atoms with Crippen LogP contribution in [-0.4, -0.2) is 32.4 Å². The third-order valence-corrected chi connectivity index (χ3v) is 6.56. The highest BCUT2D eigenvalue weighted by molar-refractivity contribution is 8.02. The predicted molar refractivity (Wildman–Crippen MR) is 118 cm³/mol. The maximum absolute atomic E-state index is 11.2. The van der Waals surface area contributed by atoms with Crippen molar-refractivity contribution in [3.63, 3.8) is 0 Å². The van der Waals surface area contributed by atoms with Crippen LogP contribution in [0, 0.1) is 11.3 Å². The van der Waals surface area contributed by atoms with E-state index in [2.05, 4.69) is 16.0 Å². The van der Waals surface area contributed by atoms with Crippen LogP contribution in [0.25, 0.3) is 11.1 Å². The molecule has 1 aromatic carbocycles. The van der Waals surface area contributed by atoms with Gasteiger partial charge < -0.3 is 9.84 Å². The van der Waals surface area contributed by atoms with E-state index in [0.29, 0.717) is 28.0 Å². The van der Waals surface area contributed by atoms with E-state index in [0.717, 1.165) is 16.8 Å². The number of nitriles is 1. The molecule has 9 heteroatoms. The number of aromatic nitrogens is 2. The zero-order valence-electron chi connectivity index (χ0n) is 16.3. The molecule has 0 saturated heterocycles. The largest absolute Gasteiger partial charge is 0.480 e. The summed E-state index contributed by atoms with van der Waals surface area (Å²) in [6.45, 7) is 3.60. The molecule has 3 aromatic rings. The quantitative estimate of drug-likeness (QED) is 0.456. The number of halogens is 1. The molecule has 0 fully saturated rings. The molecule has 1 N–H and O–H groups in total. The Hall–Kier alpha value is -2.60. The molecule has 0 aliphatic rings. The van der Waals surface area contributed by atoms with Gasteiger partial charge in [0.2, 0.25) is 5.88 Å². The number of pyridine rings is 1. The first kappa shape index (κ1) is 22.1. The van der Waals surface area contributed by atoms with E-state index in [4.69, 9.17) is 16.3 Å². The topological polar surface area (TPSA) is 96.1 Å². The molecule has 0 amide bonds. The molecule has 0 radical (unpaired) electrons. The summed E-state index contributed by atoms with van der Waals surface area (Å²) in [5.41, 5.74) is 2.87. The van der Waals surface area contributed by atoms with Crippen LogP contribution in [0.1, 0.15) is 25.1 Å². The molecule has 0 bridgehead atoms. The third-order valence-electron chi connectivity index (χ3n) is 4.13. The number of benzene rings is 1. The fourth-order valence-corrected chi connectivity index (χ4v) is 4.76. The molecule has 2 heterocycles. The van der Waals surface area contributed by atoms with Crippen LogP contribution < -0.4 is 4.74 Å². The highest BCUT2D eigenvalue weighted by Crippen LogP contribution is 2.34. The van der Waals surface area contributed by atoms with E-state index >= 15 is 0 Å². The van der Waals surface area contributed by atoms with E-state index < -0.39 is 10.7 Å². The molecule has 0 unspecified atom stereocenters. The van der Waals surface area contributed by atoms with Crippen LogP contribution in [0.15, 0.2) is 46.2 Å². The predicted octanol–water partition coefficient (Wildman–Crippen LogP) is 5.31. The number of carboxylic acids is 1. The minimum Gasteiger partial charge on any atom is -0.480 e. The number of rotatable bonds is 8. The normalized spacial score (nSPS) is 11.1. The van der Waals surface area contributed by atoms with Crippen molar-refractivity contribution >= 4 is 40.7 Å². The number of thioether (sulfide) groups is 1. The monoisotopic (exact) mass is 459 g/mol. The summed E-state index contributed by atoms with van der Waals surface area (Å²) < 4.78 is 5.45. The Morgan fingerprint density at radius 2 is 2.07 bits per heavy atom. The van der Waals surface area contributed by atoms with Crippen LogP contribution in [0.2, 0.25) is 5.02 Å². The van der Waals surface area contributed by atoms with Crippen LogP contribution in [-0.2, 0) is 11.2 Å². The van der Waals surface area contributed by atoms with Gasteiger partial charge in [-0.3, -0.25) is 4.79 Å². The molecule has 0 saturated carbocycles. The molecule has 0 atom stereocenters. The lowest BCUT2D eigenvalue weighted by Gasteiger charge is -2.15. The molecule has 30 heavy (non-hydrogen) atoms. The molecular formula is C21H18ClN3O3S2. The standard InChI is InChI=1S/C21H18ClN3O3S2/c1-21(2,19(26)27)30-20-25-17(12-29-20)7-8-28-18-14(10-23)9-15(11-24-18)13-3-5-16(22)6-4-13/h3-6,9,11-12H,7-8H2,1-2H3,(H,26,27). The van der Waals surface area contributed by atoms with Gasteiger partial charge in [-0.25, -0.2) is 9.97 Å². The second-order valence-electron chi connectivity index (χ2n) is 6.82. The second-order valence-corrected chi connectivity index (χ2v) is 9.98. The maximum atomic E-state index is 11.2. The molecule has 154 valence electrons. The first-order valence-electron chi connectivity index (χ1n) is 8.94. The van der Waals surface area contributed by atoms with Crippen molar-refractivity contribution in [1.82, 2.24) is 9.97 Å². The molecule has 6 nitrogen and oxygen atoms in total. The Balaban J connectivity index is 1.62. The van der Waals surface area contributed by atoms with Gasteiger partial charge in [-0.1, -0.05) is 35.5 Å². The van der Waals surface area contributed by atoms with Crippen LogP contribution in [0.3, 0.4) is 0 Å². The lowest BCUT2D eigenvalue weighted by Crippen LogP contribution is -2.26. The molecule has 3 rings (SSSR count). The summed E-state index contributed by atoms with van der Waals surface area (Å²) in [4.78, 5) is 20.0. The lowest BCUT2D eigenvalue weighted by atomic mass is 10.1. The minimum absolute atomic E-state index is 0.270. The fourth-order valence-electron chi connectivity index (χ4n) is 2.41. The van der Waals surface area contributed by atoms with Gasteiger partial charge in [0.1, 0.15) is 16.4 Å². The Bertz CT molecular complexity index is 1090. The Kier molecular flexibility index (Phi) is 6.98. The second kappa shape index (κ2) is 9.47. The Morgan fingerprint density at radius 1 is 1.33 bits per heavy atom. The van der Waals surface area contributed by atoms with Crippen molar-refractivity contribution in [1.29, 1.82) is 5.26 Å². The molecule has 0 spiro atoms. The highest BCUT2D eigenvalue weighted by Gasteiger charge is 2.29. The minimum atomic E-state index is -0.941. The number of thiazole rings is 1. The third kappa shape index (κ3) is 5.51. The summed E-state index contributed by atoms with van der Waals surface area (Å²) in [6.07, 6.45) is 2.18. The van der Waals surface area contributed by atoms with Gasteiger partial charge in [0.15, 0.2) is 4.34 Å². The smallest absolute Gasteiger partial charge is 0.319 e. The lowest BCUT2D eigenvalue weighted by molar-refractivity contribution is -0.138. The molecule has 0 aliphatic heterocycles. The van der Waals surface area contributed by atoms with Crippen molar-refractivity contribution in [3.05, 3.63) is 58.2 Å². The zero-order valence-corrected chi connectivity index (χ0v) is 18.6. The number of carboxylic acid groups (broad SMARTS) is 1. The SMILES string of the molecule is CC(C)(Sc1nc(CCOc2ncc(-c3ccc(Cl)cc3)cc2C#N)cs1)C(=O)O. The maximum Gasteiger partial charge on any atom is 0.319 e. The van der Waals surface area contributed by atoms with Crippen molar-refractivity contribution in [2.75, 3.05) is 6.61 Å². The number of nitrogens with zero attached hydrogens (tertiary/aromatic N) is 3. The van der Waals surface area contributed by atoms with E-state index in [1.807, 2.05) is 17.5 Å². The number of carbonyl (C=O) groups is 1. The summed E-state index contributed by atoms with van der Waals surface area (Å²) >= 11 is 8.54. The number of ether oxygens (including phenoxy) is 1. The fraction of sp³-hybridized carbons (Fsp3) is 0.238. The summed E-state index contributed by atoms with van der Waals surface area (Å²) in [6, 6.07) is 11.2. The van der Waals surface area contributed by atoms with Crippen molar-refractivity contribution in [3.8, 4) is 23.1 Å². The van der Waals surface area contributed by atoms with Crippen LogP contribution in [0.4, 0.5) is 0 Å². The molecular weight excluding hydrogens is 442 g/mol. The first-order valence-corrected chi connectivity index (χ1v) is 11.0. The van der Waals surface area contributed by atoms with Crippen LogP contribution >= 0.6 is 34.7 Å². The summed E-state index contributed by atoms with van der Waals surface area (Å²) in [5, 5.41) is 21.2. The van der Waals surface area contributed by atoms with E-state index in [-0.39, 0.29) is 5.88 Å². The van der Waals surface area contributed by atoms with Crippen molar-refractivity contribution in [2.24, 2.45) is 0 Å². The zero-order chi connectivity index (χ0) is 21.7. The average molecular weight is 460 g/mol. The highest BCUT2D eigenvalue weighted by atomic mass is 35.5. The first-order chi connectivity index (χ1) is 14.3. The van der Waals surface area contributed by atoms with Crippen molar-refractivity contribution < 1.29 is 14.6 Å². The van der Waals surface area contributed by atoms with Crippen LogP contribution in [0.5, 0.6) is 5.88 Å². The van der Waals surface area contributed by atoms with Gasteiger partial charge in [-0.2, -0.15) is 5.26 Å². The van der Waals surface area contributed by atoms with Gasteiger partial charge in [0, 0.05) is 28.6 Å².